The van der Waals surface area contributed by atoms with E-state index in [9.17, 15) is 14.4 Å². The highest BCUT2D eigenvalue weighted by atomic mass is 16.5. The molecular weight excluding hydrogens is 216 g/mol. The molecule has 0 bridgehead atoms. The molecule has 0 rings (SSSR count). The standard InChI is InChI=1S/C10H14O6/c1-3-15-9(13)6-7(5-8(11)12)10(14)16-4-2/h5H,3-4,6H2,1-2H3,(H,11,12). The van der Waals surface area contributed by atoms with Crippen LogP contribution >= 0.6 is 0 Å². The molecule has 0 aromatic heterocycles. The van der Waals surface area contributed by atoms with Crippen LogP contribution in [-0.4, -0.2) is 36.2 Å². The first kappa shape index (κ1) is 14.2. The maximum absolute atomic E-state index is 11.3. The number of carboxylic acid groups (broad SMARTS) is 1. The Morgan fingerprint density at radius 1 is 1.12 bits per heavy atom. The predicted molar refractivity (Wildman–Crippen MR) is 53.6 cm³/mol. The van der Waals surface area contributed by atoms with Crippen LogP contribution in [0.2, 0.25) is 0 Å². The Morgan fingerprint density at radius 3 is 2.12 bits per heavy atom. The molecule has 6 nitrogen and oxygen atoms in total. The Labute approximate surface area is 92.8 Å². The quantitative estimate of drug-likeness (QED) is 0.528. The fraction of sp³-hybridized carbons (Fsp3) is 0.500. The van der Waals surface area contributed by atoms with Gasteiger partial charge in [-0.3, -0.25) is 4.79 Å². The Morgan fingerprint density at radius 2 is 1.69 bits per heavy atom. The molecule has 0 amide bonds. The Hall–Kier alpha value is -1.85. The summed E-state index contributed by atoms with van der Waals surface area (Å²) in [6.45, 7) is 3.48. The van der Waals surface area contributed by atoms with Gasteiger partial charge in [0, 0.05) is 6.08 Å². The van der Waals surface area contributed by atoms with E-state index in [1.165, 1.54) is 0 Å². The largest absolute Gasteiger partial charge is 0.478 e. The Balaban J connectivity index is 4.62. The average molecular weight is 230 g/mol. The van der Waals surface area contributed by atoms with Gasteiger partial charge < -0.3 is 14.6 Å². The van der Waals surface area contributed by atoms with Gasteiger partial charge in [-0.15, -0.1) is 0 Å². The van der Waals surface area contributed by atoms with Crippen molar-refractivity contribution in [1.29, 1.82) is 0 Å². The summed E-state index contributed by atoms with van der Waals surface area (Å²) in [7, 11) is 0. The van der Waals surface area contributed by atoms with Gasteiger partial charge >= 0.3 is 17.9 Å². The second-order valence-electron chi connectivity index (χ2n) is 2.71. The molecule has 90 valence electrons. The van der Waals surface area contributed by atoms with Crippen LogP contribution in [0.25, 0.3) is 0 Å². The molecule has 1 N–H and O–H groups in total. The minimum atomic E-state index is -1.31. The van der Waals surface area contributed by atoms with Gasteiger partial charge in [0.1, 0.15) is 0 Å². The normalized spacial score (nSPS) is 10.8. The first-order chi connectivity index (χ1) is 7.51. The highest BCUT2D eigenvalue weighted by Gasteiger charge is 2.17. The maximum atomic E-state index is 11.3. The monoisotopic (exact) mass is 230 g/mol. The zero-order chi connectivity index (χ0) is 12.6. The summed E-state index contributed by atoms with van der Waals surface area (Å²) in [6, 6.07) is 0. The second-order valence-corrected chi connectivity index (χ2v) is 2.71. The first-order valence-corrected chi connectivity index (χ1v) is 4.77. The number of rotatable bonds is 6. The van der Waals surface area contributed by atoms with Crippen LogP contribution in [0.4, 0.5) is 0 Å². The van der Waals surface area contributed by atoms with E-state index in [1.54, 1.807) is 13.8 Å². The van der Waals surface area contributed by atoms with Crippen molar-refractivity contribution in [1.82, 2.24) is 0 Å². The number of carbonyl (C=O) groups excluding carboxylic acids is 2. The summed E-state index contributed by atoms with van der Waals surface area (Å²) >= 11 is 0. The molecule has 0 saturated heterocycles. The van der Waals surface area contributed by atoms with Gasteiger partial charge in [0.25, 0.3) is 0 Å². The summed E-state index contributed by atoms with van der Waals surface area (Å²) in [5.41, 5.74) is -0.229. The fourth-order valence-electron chi connectivity index (χ4n) is 0.922. The van der Waals surface area contributed by atoms with Crippen LogP contribution in [0.3, 0.4) is 0 Å². The molecule has 0 spiro atoms. The minimum absolute atomic E-state index is 0.110. The van der Waals surface area contributed by atoms with E-state index in [0.29, 0.717) is 6.08 Å². The molecule has 0 radical (unpaired) electrons. The molecule has 0 aliphatic carbocycles. The summed E-state index contributed by atoms with van der Waals surface area (Å²) in [4.78, 5) is 32.8. The molecule has 0 unspecified atom stereocenters. The smallest absolute Gasteiger partial charge is 0.334 e. The van der Waals surface area contributed by atoms with Crippen molar-refractivity contribution in [3.8, 4) is 0 Å². The van der Waals surface area contributed by atoms with Gasteiger partial charge in [-0.2, -0.15) is 0 Å². The van der Waals surface area contributed by atoms with E-state index < -0.39 is 24.3 Å². The molecule has 16 heavy (non-hydrogen) atoms. The zero-order valence-corrected chi connectivity index (χ0v) is 9.19. The molecule has 0 fully saturated rings. The van der Waals surface area contributed by atoms with E-state index >= 15 is 0 Å². The summed E-state index contributed by atoms with van der Waals surface area (Å²) in [5.74, 6) is -2.80. The van der Waals surface area contributed by atoms with E-state index in [-0.39, 0.29) is 18.8 Å². The second kappa shape index (κ2) is 7.44. The highest BCUT2D eigenvalue weighted by Crippen LogP contribution is 2.06. The Bertz CT molecular complexity index is 304. The lowest BCUT2D eigenvalue weighted by Crippen LogP contribution is -2.15. The van der Waals surface area contributed by atoms with E-state index in [4.69, 9.17) is 5.11 Å². The number of carbonyl (C=O) groups is 3. The molecular formula is C10H14O6. The van der Waals surface area contributed by atoms with Crippen LogP contribution in [-0.2, 0) is 23.9 Å². The maximum Gasteiger partial charge on any atom is 0.334 e. The third kappa shape index (κ3) is 5.79. The molecule has 0 saturated carbocycles. The van der Waals surface area contributed by atoms with Crippen molar-refractivity contribution in [3.63, 3.8) is 0 Å². The average Bonchev–Trinajstić information content (AvgIpc) is 2.16. The highest BCUT2D eigenvalue weighted by molar-refractivity contribution is 5.99. The van der Waals surface area contributed by atoms with Crippen LogP contribution in [0.1, 0.15) is 20.3 Å². The molecule has 0 aromatic rings. The van der Waals surface area contributed by atoms with Crippen molar-refractivity contribution in [3.05, 3.63) is 11.6 Å². The lowest BCUT2D eigenvalue weighted by molar-refractivity contribution is -0.146. The van der Waals surface area contributed by atoms with Crippen molar-refractivity contribution in [2.24, 2.45) is 0 Å². The predicted octanol–water partition coefficient (Wildman–Crippen LogP) is 0.514. The Kier molecular flexibility index (Phi) is 6.58. The lowest BCUT2D eigenvalue weighted by Gasteiger charge is -2.05. The van der Waals surface area contributed by atoms with Gasteiger partial charge in [0.15, 0.2) is 0 Å². The summed E-state index contributed by atoms with van der Waals surface area (Å²) in [5, 5.41) is 8.51. The zero-order valence-electron chi connectivity index (χ0n) is 9.19. The molecule has 0 heterocycles. The molecule has 0 atom stereocenters. The van der Waals surface area contributed by atoms with Crippen LogP contribution in [0.15, 0.2) is 11.6 Å². The van der Waals surface area contributed by atoms with Gasteiger partial charge in [0.2, 0.25) is 0 Å². The van der Waals surface area contributed by atoms with Crippen molar-refractivity contribution in [2.45, 2.75) is 20.3 Å². The van der Waals surface area contributed by atoms with Crippen LogP contribution in [0.5, 0.6) is 0 Å². The SMILES string of the molecule is CCOC(=O)CC(=CC(=O)O)C(=O)OCC. The van der Waals surface area contributed by atoms with Crippen LogP contribution in [0, 0.1) is 0 Å². The number of hydrogen-bond acceptors (Lipinski definition) is 5. The topological polar surface area (TPSA) is 89.9 Å². The number of esters is 2. The van der Waals surface area contributed by atoms with E-state index in [2.05, 4.69) is 9.47 Å². The third-order valence-electron chi connectivity index (χ3n) is 1.48. The number of ether oxygens (including phenoxy) is 2. The van der Waals surface area contributed by atoms with Crippen molar-refractivity contribution < 1.29 is 29.0 Å². The summed E-state index contributed by atoms with van der Waals surface area (Å²) < 4.78 is 9.21. The third-order valence-corrected chi connectivity index (χ3v) is 1.48. The van der Waals surface area contributed by atoms with Gasteiger partial charge in [0.05, 0.1) is 25.2 Å². The van der Waals surface area contributed by atoms with Crippen molar-refractivity contribution in [2.75, 3.05) is 13.2 Å². The van der Waals surface area contributed by atoms with Gasteiger partial charge in [-0.05, 0) is 13.8 Å². The van der Waals surface area contributed by atoms with Crippen LogP contribution < -0.4 is 0 Å². The summed E-state index contributed by atoms with van der Waals surface area (Å²) in [6.07, 6.45) is 0.244. The van der Waals surface area contributed by atoms with E-state index in [1.807, 2.05) is 0 Å². The van der Waals surface area contributed by atoms with Gasteiger partial charge in [-0.1, -0.05) is 0 Å². The van der Waals surface area contributed by atoms with E-state index in [0.717, 1.165) is 0 Å². The molecule has 6 heteroatoms. The number of carboxylic acids is 1. The molecule has 0 aromatic carbocycles. The minimum Gasteiger partial charge on any atom is -0.478 e. The van der Waals surface area contributed by atoms with Crippen molar-refractivity contribution >= 4 is 17.9 Å². The first-order valence-electron chi connectivity index (χ1n) is 4.77. The van der Waals surface area contributed by atoms with Gasteiger partial charge in [-0.25, -0.2) is 9.59 Å². The number of aliphatic carboxylic acids is 1. The molecule has 0 aliphatic heterocycles. The lowest BCUT2D eigenvalue weighted by atomic mass is 10.2. The molecule has 0 aliphatic rings. The number of hydrogen-bond donors (Lipinski definition) is 1. The fourth-order valence-corrected chi connectivity index (χ4v) is 0.922.